The monoisotopic (exact) mass is 402 g/mol. The molecule has 11 heteroatoms. The SMILES string of the molecule is CC(CC1CC2CCC1C2)(C(F)(F)F)C(F)(F)F.COC(=O)C(F)(F)F. The van der Waals surface area contributed by atoms with Gasteiger partial charge in [0.1, 0.15) is 0 Å². The smallest absolute Gasteiger partial charge is 0.462 e. The van der Waals surface area contributed by atoms with Gasteiger partial charge in [-0.25, -0.2) is 4.79 Å². The summed E-state index contributed by atoms with van der Waals surface area (Å²) in [5, 5.41) is 0. The van der Waals surface area contributed by atoms with E-state index in [1.54, 1.807) is 0 Å². The number of rotatable bonds is 2. The van der Waals surface area contributed by atoms with Crippen molar-refractivity contribution in [3.8, 4) is 0 Å². The standard InChI is InChI=1S/C12H16F6.C3H3F3O2/c1-10(11(13,14)15,12(16,17)18)6-9-5-7-2-3-8(9)4-7;1-8-2(7)3(4,5)6/h7-9H,2-6H2,1H3;1H3. The Kier molecular flexibility index (Phi) is 6.56. The molecule has 2 rings (SSSR count). The van der Waals surface area contributed by atoms with Gasteiger partial charge >= 0.3 is 24.5 Å². The van der Waals surface area contributed by atoms with Gasteiger partial charge in [-0.3, -0.25) is 0 Å². The van der Waals surface area contributed by atoms with E-state index in [9.17, 15) is 44.3 Å². The second kappa shape index (κ2) is 7.46. The average Bonchev–Trinajstić information content (AvgIpc) is 3.06. The summed E-state index contributed by atoms with van der Waals surface area (Å²) in [6.45, 7) is 0.305. The van der Waals surface area contributed by atoms with E-state index in [-0.39, 0.29) is 5.92 Å². The molecule has 0 aromatic rings. The molecule has 0 saturated heterocycles. The van der Waals surface area contributed by atoms with Crippen molar-refractivity contribution in [1.82, 2.24) is 0 Å². The van der Waals surface area contributed by atoms with E-state index < -0.39 is 42.3 Å². The van der Waals surface area contributed by atoms with Crippen molar-refractivity contribution in [2.45, 2.75) is 57.6 Å². The quantitative estimate of drug-likeness (QED) is 0.440. The maximum absolute atomic E-state index is 12.8. The molecule has 0 heterocycles. The zero-order chi connectivity index (χ0) is 20.6. The van der Waals surface area contributed by atoms with Gasteiger partial charge in [0.2, 0.25) is 0 Å². The molecular formula is C15H19F9O2. The summed E-state index contributed by atoms with van der Waals surface area (Å²) in [5.74, 6) is -2.17. The van der Waals surface area contributed by atoms with Crippen LogP contribution in [0.3, 0.4) is 0 Å². The predicted octanol–water partition coefficient (Wildman–Crippen LogP) is 5.67. The molecule has 2 fully saturated rings. The number of esters is 1. The Morgan fingerprint density at radius 1 is 0.923 bits per heavy atom. The minimum absolute atomic E-state index is 0.0685. The van der Waals surface area contributed by atoms with Gasteiger partial charge in [-0.1, -0.05) is 6.42 Å². The summed E-state index contributed by atoms with van der Waals surface area (Å²) < 4.78 is 113. The van der Waals surface area contributed by atoms with Gasteiger partial charge in [0, 0.05) is 0 Å². The van der Waals surface area contributed by atoms with Crippen LogP contribution in [0.2, 0.25) is 0 Å². The van der Waals surface area contributed by atoms with Crippen LogP contribution in [0.15, 0.2) is 0 Å². The molecule has 0 amide bonds. The lowest BCUT2D eigenvalue weighted by Crippen LogP contribution is -2.49. The number of methoxy groups -OCH3 is 1. The van der Waals surface area contributed by atoms with E-state index >= 15 is 0 Å². The number of hydrogen-bond donors (Lipinski definition) is 0. The van der Waals surface area contributed by atoms with Gasteiger partial charge in [-0.15, -0.1) is 0 Å². The third kappa shape index (κ3) is 4.97. The molecule has 3 unspecified atom stereocenters. The Hall–Kier alpha value is -1.16. The van der Waals surface area contributed by atoms with Crippen LogP contribution in [0.1, 0.15) is 39.0 Å². The van der Waals surface area contributed by atoms with Gasteiger partial charge in [-0.05, 0) is 50.4 Å². The molecule has 2 bridgehead atoms. The van der Waals surface area contributed by atoms with Crippen molar-refractivity contribution in [2.75, 3.05) is 7.11 Å². The Labute approximate surface area is 144 Å². The number of hydrogen-bond acceptors (Lipinski definition) is 2. The topological polar surface area (TPSA) is 26.3 Å². The van der Waals surface area contributed by atoms with Crippen molar-refractivity contribution < 1.29 is 49.0 Å². The first kappa shape index (κ1) is 22.9. The Morgan fingerprint density at radius 3 is 1.65 bits per heavy atom. The van der Waals surface area contributed by atoms with Crippen LogP contribution >= 0.6 is 0 Å². The van der Waals surface area contributed by atoms with Crippen LogP contribution in [0, 0.1) is 23.2 Å². The zero-order valence-electron chi connectivity index (χ0n) is 14.0. The first-order chi connectivity index (χ1) is 11.5. The maximum Gasteiger partial charge on any atom is 0.490 e. The molecular weight excluding hydrogens is 383 g/mol. The van der Waals surface area contributed by atoms with Crippen LogP contribution in [-0.2, 0) is 9.53 Å². The van der Waals surface area contributed by atoms with Crippen molar-refractivity contribution in [2.24, 2.45) is 23.2 Å². The molecule has 2 aliphatic carbocycles. The molecule has 2 aliphatic rings. The van der Waals surface area contributed by atoms with Gasteiger partial charge in [0.25, 0.3) is 0 Å². The van der Waals surface area contributed by atoms with E-state index in [2.05, 4.69) is 4.74 Å². The fourth-order valence-corrected chi connectivity index (χ4v) is 3.66. The minimum Gasteiger partial charge on any atom is -0.462 e. The fourth-order valence-electron chi connectivity index (χ4n) is 3.66. The van der Waals surface area contributed by atoms with Crippen LogP contribution in [0.5, 0.6) is 0 Å². The summed E-state index contributed by atoms with van der Waals surface area (Å²) in [6.07, 6.45) is -13.0. The van der Waals surface area contributed by atoms with Gasteiger partial charge in [-0.2, -0.15) is 39.5 Å². The van der Waals surface area contributed by atoms with E-state index in [4.69, 9.17) is 0 Å². The molecule has 2 nitrogen and oxygen atoms in total. The number of carbonyl (C=O) groups is 1. The summed E-state index contributed by atoms with van der Waals surface area (Å²) in [7, 11) is 0.676. The molecule has 154 valence electrons. The number of halogens is 9. The molecule has 2 saturated carbocycles. The highest BCUT2D eigenvalue weighted by Crippen LogP contribution is 2.59. The third-order valence-electron chi connectivity index (χ3n) is 5.22. The number of alkyl halides is 9. The Morgan fingerprint density at radius 2 is 1.42 bits per heavy atom. The van der Waals surface area contributed by atoms with Crippen molar-refractivity contribution >= 4 is 5.97 Å². The molecule has 0 spiro atoms. The van der Waals surface area contributed by atoms with E-state index in [1.165, 1.54) is 0 Å². The van der Waals surface area contributed by atoms with Crippen LogP contribution < -0.4 is 0 Å². The van der Waals surface area contributed by atoms with Crippen molar-refractivity contribution in [1.29, 1.82) is 0 Å². The summed E-state index contributed by atoms with van der Waals surface area (Å²) >= 11 is 0. The van der Waals surface area contributed by atoms with Crippen LogP contribution in [0.25, 0.3) is 0 Å². The van der Waals surface area contributed by atoms with Crippen LogP contribution in [0.4, 0.5) is 39.5 Å². The first-order valence-corrected chi connectivity index (χ1v) is 7.81. The van der Waals surface area contributed by atoms with E-state index in [0.717, 1.165) is 19.3 Å². The molecule has 0 aromatic heterocycles. The summed E-state index contributed by atoms with van der Waals surface area (Å²) in [6, 6.07) is 0. The van der Waals surface area contributed by atoms with E-state index in [0.29, 0.717) is 26.4 Å². The number of carbonyl (C=O) groups excluding carboxylic acids is 1. The van der Waals surface area contributed by atoms with E-state index in [1.807, 2.05) is 0 Å². The third-order valence-corrected chi connectivity index (χ3v) is 5.22. The van der Waals surface area contributed by atoms with Gasteiger partial charge in [0.05, 0.1) is 7.11 Å². The number of fused-ring (bicyclic) bond motifs is 2. The molecule has 0 radical (unpaired) electrons. The fraction of sp³-hybridized carbons (Fsp3) is 0.933. The maximum atomic E-state index is 12.8. The normalized spacial score (nSPS) is 26.3. The van der Waals surface area contributed by atoms with Gasteiger partial charge in [0.15, 0.2) is 5.41 Å². The Bertz CT molecular complexity index is 479. The average molecular weight is 402 g/mol. The van der Waals surface area contributed by atoms with Gasteiger partial charge < -0.3 is 4.74 Å². The summed E-state index contributed by atoms with van der Waals surface area (Å²) in [5.41, 5.74) is -3.56. The lowest BCUT2D eigenvalue weighted by Gasteiger charge is -2.37. The second-order valence-corrected chi connectivity index (χ2v) is 6.96. The van der Waals surface area contributed by atoms with Crippen molar-refractivity contribution in [3.05, 3.63) is 0 Å². The highest BCUT2D eigenvalue weighted by molar-refractivity contribution is 5.75. The minimum atomic E-state index is -5.23. The highest BCUT2D eigenvalue weighted by Gasteiger charge is 2.68. The lowest BCUT2D eigenvalue weighted by molar-refractivity contribution is -0.340. The largest absolute Gasteiger partial charge is 0.490 e. The molecule has 0 aliphatic heterocycles. The molecule has 0 aromatic carbocycles. The molecule has 26 heavy (non-hydrogen) atoms. The zero-order valence-corrected chi connectivity index (χ0v) is 14.0. The molecule has 3 atom stereocenters. The first-order valence-electron chi connectivity index (χ1n) is 7.81. The van der Waals surface area contributed by atoms with Crippen LogP contribution in [-0.4, -0.2) is 31.6 Å². The Balaban J connectivity index is 0.000000359. The highest BCUT2D eigenvalue weighted by atomic mass is 19.4. The lowest BCUT2D eigenvalue weighted by atomic mass is 9.74. The number of ether oxygens (including phenoxy) is 1. The van der Waals surface area contributed by atoms with Crippen molar-refractivity contribution in [3.63, 3.8) is 0 Å². The second-order valence-electron chi connectivity index (χ2n) is 6.96. The molecule has 0 N–H and O–H groups in total. The summed E-state index contributed by atoms with van der Waals surface area (Å²) in [4.78, 5) is 9.49. The predicted molar refractivity (Wildman–Crippen MR) is 71.8 cm³/mol.